The molecule has 1 amide bonds. The first kappa shape index (κ1) is 41.9. The van der Waals surface area contributed by atoms with Gasteiger partial charge in [0, 0.05) is 13.0 Å². The van der Waals surface area contributed by atoms with Gasteiger partial charge in [-0.15, -0.1) is 0 Å². The number of esters is 1. The fourth-order valence-electron chi connectivity index (χ4n) is 5.92. The van der Waals surface area contributed by atoms with Crippen LogP contribution in [-0.4, -0.2) is 25.0 Å². The van der Waals surface area contributed by atoms with E-state index in [2.05, 4.69) is 19.2 Å². The highest BCUT2D eigenvalue weighted by molar-refractivity contribution is 5.76. The average molecular weight is 608 g/mol. The molecule has 0 aliphatic carbocycles. The van der Waals surface area contributed by atoms with E-state index in [1.165, 1.54) is 154 Å². The van der Waals surface area contributed by atoms with Crippen LogP contribution in [0.1, 0.15) is 220 Å². The molecule has 0 aromatic heterocycles. The van der Waals surface area contributed by atoms with Crippen LogP contribution >= 0.6 is 0 Å². The molecule has 0 heterocycles. The van der Waals surface area contributed by atoms with Gasteiger partial charge in [-0.3, -0.25) is 9.59 Å². The minimum Gasteiger partial charge on any atom is -0.465 e. The molecular weight excluding hydrogens is 530 g/mol. The van der Waals surface area contributed by atoms with Gasteiger partial charge in [0.2, 0.25) is 5.91 Å². The van der Waals surface area contributed by atoms with E-state index in [9.17, 15) is 9.59 Å². The van der Waals surface area contributed by atoms with Crippen molar-refractivity contribution in [2.24, 2.45) is 5.41 Å². The van der Waals surface area contributed by atoms with Crippen molar-refractivity contribution >= 4 is 11.9 Å². The minimum atomic E-state index is -0.421. The van der Waals surface area contributed by atoms with E-state index < -0.39 is 5.41 Å². The summed E-state index contributed by atoms with van der Waals surface area (Å²) in [7, 11) is 0. The van der Waals surface area contributed by atoms with E-state index in [0.29, 0.717) is 26.0 Å². The van der Waals surface area contributed by atoms with Crippen LogP contribution < -0.4 is 5.32 Å². The van der Waals surface area contributed by atoms with Gasteiger partial charge in [0.15, 0.2) is 0 Å². The van der Waals surface area contributed by atoms with Crippen LogP contribution in [0.2, 0.25) is 0 Å². The van der Waals surface area contributed by atoms with Crippen LogP contribution in [0, 0.1) is 5.41 Å². The van der Waals surface area contributed by atoms with Gasteiger partial charge < -0.3 is 10.1 Å². The molecule has 0 fully saturated rings. The average Bonchev–Trinajstić information content (AvgIpc) is 2.99. The Balaban J connectivity index is 3.49. The third-order valence-corrected chi connectivity index (χ3v) is 9.09. The number of rotatable bonds is 34. The smallest absolute Gasteiger partial charge is 0.311 e. The quantitative estimate of drug-likeness (QED) is 0.0584. The lowest BCUT2D eigenvalue weighted by atomic mass is 9.87. The number of hydrogen-bond acceptors (Lipinski definition) is 3. The Bertz CT molecular complexity index is 603. The van der Waals surface area contributed by atoms with E-state index in [0.717, 1.165) is 25.7 Å². The number of hydrogen-bond donors (Lipinski definition) is 1. The molecule has 0 aliphatic heterocycles. The lowest BCUT2D eigenvalue weighted by molar-refractivity contribution is -0.154. The van der Waals surface area contributed by atoms with E-state index in [-0.39, 0.29) is 11.9 Å². The van der Waals surface area contributed by atoms with E-state index >= 15 is 0 Å². The van der Waals surface area contributed by atoms with Gasteiger partial charge in [-0.1, -0.05) is 181 Å². The summed E-state index contributed by atoms with van der Waals surface area (Å²) in [5.41, 5.74) is -0.421. The molecular formula is C39H77NO3. The monoisotopic (exact) mass is 608 g/mol. The highest BCUT2D eigenvalue weighted by Crippen LogP contribution is 2.26. The predicted octanol–water partition coefficient (Wildman–Crippen LogP) is 12.4. The molecule has 4 nitrogen and oxygen atoms in total. The summed E-state index contributed by atoms with van der Waals surface area (Å²) in [6.07, 6.45) is 38.2. The van der Waals surface area contributed by atoms with Gasteiger partial charge in [0.05, 0.1) is 12.0 Å². The summed E-state index contributed by atoms with van der Waals surface area (Å²) in [6.45, 7) is 9.54. The van der Waals surface area contributed by atoms with Crippen molar-refractivity contribution in [3.05, 3.63) is 0 Å². The van der Waals surface area contributed by atoms with Gasteiger partial charge in [0.25, 0.3) is 0 Å². The molecule has 0 unspecified atom stereocenters. The van der Waals surface area contributed by atoms with Crippen LogP contribution in [0.5, 0.6) is 0 Å². The van der Waals surface area contributed by atoms with E-state index in [1.54, 1.807) is 0 Å². The van der Waals surface area contributed by atoms with Crippen molar-refractivity contribution in [1.29, 1.82) is 0 Å². The number of carbonyl (C=O) groups excluding carboxylic acids is 2. The molecule has 0 aromatic carbocycles. The van der Waals surface area contributed by atoms with Gasteiger partial charge in [-0.05, 0) is 33.1 Å². The standard InChI is InChI=1S/C39H77NO3/c1-5-7-9-11-13-15-17-19-20-21-22-24-26-28-30-33-37(41)40-35-32-36-43-38(42)39(3,4)34-31-29-27-25-23-18-16-14-12-10-8-6-2/h5-36H2,1-4H3,(H,40,41). The molecule has 0 saturated carbocycles. The minimum absolute atomic E-state index is 0.0975. The van der Waals surface area contributed by atoms with Crippen LogP contribution in [-0.2, 0) is 14.3 Å². The Morgan fingerprint density at radius 2 is 0.837 bits per heavy atom. The van der Waals surface area contributed by atoms with Crippen molar-refractivity contribution in [2.75, 3.05) is 13.2 Å². The van der Waals surface area contributed by atoms with Crippen molar-refractivity contribution < 1.29 is 14.3 Å². The van der Waals surface area contributed by atoms with Crippen LogP contribution in [0.3, 0.4) is 0 Å². The number of unbranched alkanes of at least 4 members (excludes halogenated alkanes) is 25. The van der Waals surface area contributed by atoms with E-state index in [1.807, 2.05) is 13.8 Å². The first-order valence-corrected chi connectivity index (χ1v) is 19.4. The fourth-order valence-corrected chi connectivity index (χ4v) is 5.92. The zero-order chi connectivity index (χ0) is 31.7. The number of amides is 1. The second kappa shape index (κ2) is 32.3. The maximum absolute atomic E-state index is 12.6. The molecule has 0 saturated heterocycles. The molecule has 0 radical (unpaired) electrons. The third-order valence-electron chi connectivity index (χ3n) is 9.09. The molecule has 1 N–H and O–H groups in total. The predicted molar refractivity (Wildman–Crippen MR) is 188 cm³/mol. The van der Waals surface area contributed by atoms with Gasteiger partial charge in [-0.2, -0.15) is 0 Å². The normalized spacial score (nSPS) is 11.6. The Kier molecular flexibility index (Phi) is 31.5. The first-order chi connectivity index (χ1) is 20.9. The first-order valence-electron chi connectivity index (χ1n) is 19.4. The maximum Gasteiger partial charge on any atom is 0.311 e. The molecule has 0 rings (SSSR count). The zero-order valence-electron chi connectivity index (χ0n) is 29.9. The maximum atomic E-state index is 12.6. The molecule has 0 bridgehead atoms. The third kappa shape index (κ3) is 30.7. The van der Waals surface area contributed by atoms with Crippen molar-refractivity contribution in [2.45, 2.75) is 220 Å². The summed E-state index contributed by atoms with van der Waals surface area (Å²) in [6, 6.07) is 0. The highest BCUT2D eigenvalue weighted by atomic mass is 16.5. The highest BCUT2D eigenvalue weighted by Gasteiger charge is 2.28. The lowest BCUT2D eigenvalue weighted by Crippen LogP contribution is -2.29. The van der Waals surface area contributed by atoms with Gasteiger partial charge >= 0.3 is 5.97 Å². The Labute approximate surface area is 270 Å². The van der Waals surface area contributed by atoms with Gasteiger partial charge in [-0.25, -0.2) is 0 Å². The summed E-state index contributed by atoms with van der Waals surface area (Å²) < 4.78 is 5.55. The topological polar surface area (TPSA) is 55.4 Å². The molecule has 0 spiro atoms. The summed E-state index contributed by atoms with van der Waals surface area (Å²) >= 11 is 0. The Morgan fingerprint density at radius 1 is 0.488 bits per heavy atom. The fraction of sp³-hybridized carbons (Fsp3) is 0.949. The van der Waals surface area contributed by atoms with Crippen molar-refractivity contribution in [3.8, 4) is 0 Å². The van der Waals surface area contributed by atoms with Crippen LogP contribution in [0.15, 0.2) is 0 Å². The molecule has 0 aliphatic rings. The second-order valence-electron chi connectivity index (χ2n) is 14.1. The lowest BCUT2D eigenvalue weighted by Gasteiger charge is -2.22. The molecule has 0 aromatic rings. The summed E-state index contributed by atoms with van der Waals surface area (Å²) in [5, 5.41) is 2.99. The molecule has 4 heteroatoms. The summed E-state index contributed by atoms with van der Waals surface area (Å²) in [4.78, 5) is 24.7. The molecule has 0 atom stereocenters. The SMILES string of the molecule is CCCCCCCCCCCCCCCCCC(=O)NCCCOC(=O)C(C)(C)CCCCCCCCCCCCCC. The van der Waals surface area contributed by atoms with Gasteiger partial charge in [0.1, 0.15) is 0 Å². The number of nitrogens with one attached hydrogen (secondary N) is 1. The largest absolute Gasteiger partial charge is 0.465 e. The number of ether oxygens (including phenoxy) is 1. The molecule has 256 valence electrons. The van der Waals surface area contributed by atoms with E-state index in [4.69, 9.17) is 4.74 Å². The van der Waals surface area contributed by atoms with Crippen LogP contribution in [0.4, 0.5) is 0 Å². The zero-order valence-corrected chi connectivity index (χ0v) is 29.9. The Hall–Kier alpha value is -1.06. The Morgan fingerprint density at radius 3 is 1.23 bits per heavy atom. The summed E-state index contributed by atoms with van der Waals surface area (Å²) in [5.74, 6) is 0.0352. The van der Waals surface area contributed by atoms with Crippen LogP contribution in [0.25, 0.3) is 0 Å². The molecule has 43 heavy (non-hydrogen) atoms. The number of carbonyl (C=O) groups is 2. The second-order valence-corrected chi connectivity index (χ2v) is 14.1. The van der Waals surface area contributed by atoms with Crippen molar-refractivity contribution in [3.63, 3.8) is 0 Å². The van der Waals surface area contributed by atoms with Crippen molar-refractivity contribution in [1.82, 2.24) is 5.32 Å².